The minimum absolute atomic E-state index is 0.000000000000000444. The van der Waals surface area contributed by atoms with Gasteiger partial charge in [0.1, 0.15) is 0 Å². The molecule has 0 spiro atoms. The van der Waals surface area contributed by atoms with Crippen molar-refractivity contribution in [2.75, 3.05) is 0 Å². The van der Waals surface area contributed by atoms with E-state index in [0.29, 0.717) is 23.7 Å². The van der Waals surface area contributed by atoms with Crippen LogP contribution in [0.15, 0.2) is 53.6 Å². The summed E-state index contributed by atoms with van der Waals surface area (Å²) < 4.78 is 3.71. The first-order chi connectivity index (χ1) is 14.1. The van der Waals surface area contributed by atoms with Crippen LogP contribution in [0.2, 0.25) is 0 Å². The lowest BCUT2D eigenvalue weighted by atomic mass is 9.92. The van der Waals surface area contributed by atoms with Gasteiger partial charge in [-0.05, 0) is 45.9 Å². The topological polar surface area (TPSA) is 26.9 Å². The van der Waals surface area contributed by atoms with E-state index in [1.54, 1.807) is 0 Å². The summed E-state index contributed by atoms with van der Waals surface area (Å²) in [7, 11) is 0. The SMILES string of the molecule is CC(C)c1cccc(C(C)C)c1-n1ccn(-c2c(C(C)C)cccc2C(C)C)c1=O. The molecule has 3 aromatic rings. The van der Waals surface area contributed by atoms with Crippen molar-refractivity contribution in [2.24, 2.45) is 0 Å². The second kappa shape index (κ2) is 8.67. The maximum atomic E-state index is 13.8. The molecular weight excluding hydrogens is 368 g/mol. The molecule has 0 aliphatic rings. The molecule has 3 heteroatoms. The molecule has 160 valence electrons. The van der Waals surface area contributed by atoms with E-state index in [1.165, 1.54) is 22.3 Å². The van der Waals surface area contributed by atoms with Gasteiger partial charge in [0.25, 0.3) is 0 Å². The van der Waals surface area contributed by atoms with Crippen LogP contribution in [0.3, 0.4) is 0 Å². The average molecular weight is 405 g/mol. The molecule has 0 aliphatic heterocycles. The van der Waals surface area contributed by atoms with Crippen LogP contribution in [-0.2, 0) is 0 Å². The molecule has 1 aromatic heterocycles. The fourth-order valence-corrected chi connectivity index (χ4v) is 4.30. The molecular formula is C27H36N2O. The van der Waals surface area contributed by atoms with Crippen molar-refractivity contribution in [2.45, 2.75) is 79.1 Å². The van der Waals surface area contributed by atoms with E-state index >= 15 is 0 Å². The summed E-state index contributed by atoms with van der Waals surface area (Å²) in [4.78, 5) is 13.8. The van der Waals surface area contributed by atoms with Gasteiger partial charge < -0.3 is 0 Å². The highest BCUT2D eigenvalue weighted by atomic mass is 16.1. The summed E-state index contributed by atoms with van der Waals surface area (Å²) >= 11 is 0. The predicted octanol–water partition coefficient (Wildman–Crippen LogP) is 7.12. The Morgan fingerprint density at radius 2 is 0.800 bits per heavy atom. The maximum Gasteiger partial charge on any atom is 0.337 e. The smallest absolute Gasteiger partial charge is 0.267 e. The Morgan fingerprint density at radius 1 is 0.533 bits per heavy atom. The summed E-state index contributed by atoms with van der Waals surface area (Å²) in [5, 5.41) is 0. The highest BCUT2D eigenvalue weighted by molar-refractivity contribution is 5.54. The Bertz CT molecular complexity index is 944. The van der Waals surface area contributed by atoms with Crippen molar-refractivity contribution in [3.8, 4) is 11.4 Å². The Hall–Kier alpha value is -2.55. The first-order valence-corrected chi connectivity index (χ1v) is 11.2. The van der Waals surface area contributed by atoms with Crippen LogP contribution >= 0.6 is 0 Å². The van der Waals surface area contributed by atoms with Crippen molar-refractivity contribution in [1.29, 1.82) is 0 Å². The van der Waals surface area contributed by atoms with Crippen LogP contribution in [0.4, 0.5) is 0 Å². The molecule has 3 rings (SSSR count). The van der Waals surface area contributed by atoms with Gasteiger partial charge in [-0.2, -0.15) is 0 Å². The molecule has 0 saturated carbocycles. The first-order valence-electron chi connectivity index (χ1n) is 11.2. The molecule has 0 bridgehead atoms. The zero-order valence-electron chi connectivity index (χ0n) is 19.7. The number of para-hydroxylation sites is 2. The van der Waals surface area contributed by atoms with E-state index in [2.05, 4.69) is 91.8 Å². The van der Waals surface area contributed by atoms with Gasteiger partial charge in [-0.3, -0.25) is 9.13 Å². The lowest BCUT2D eigenvalue weighted by molar-refractivity contribution is 0.773. The molecule has 0 radical (unpaired) electrons. The third-order valence-corrected chi connectivity index (χ3v) is 5.94. The largest absolute Gasteiger partial charge is 0.337 e. The zero-order chi connectivity index (χ0) is 22.2. The molecule has 0 atom stereocenters. The number of rotatable bonds is 6. The van der Waals surface area contributed by atoms with Crippen LogP contribution in [-0.4, -0.2) is 9.13 Å². The second-order valence-corrected chi connectivity index (χ2v) is 9.51. The van der Waals surface area contributed by atoms with Gasteiger partial charge in [0.2, 0.25) is 0 Å². The summed E-state index contributed by atoms with van der Waals surface area (Å²) in [6.07, 6.45) is 3.88. The van der Waals surface area contributed by atoms with Crippen LogP contribution in [0.1, 0.15) is 101 Å². The molecule has 0 aliphatic carbocycles. The molecule has 1 heterocycles. The standard InChI is InChI=1S/C27H36N2O/c1-17(2)21-11-9-12-22(18(3)4)25(21)28-15-16-29(27(28)30)26-23(19(5)6)13-10-14-24(26)20(7)8/h9-20H,1-8H3. The van der Waals surface area contributed by atoms with E-state index in [-0.39, 0.29) is 5.69 Å². The van der Waals surface area contributed by atoms with Gasteiger partial charge >= 0.3 is 5.69 Å². The first kappa shape index (κ1) is 22.1. The number of hydrogen-bond acceptors (Lipinski definition) is 1. The van der Waals surface area contributed by atoms with Gasteiger partial charge in [0, 0.05) is 12.4 Å². The third kappa shape index (κ3) is 3.90. The van der Waals surface area contributed by atoms with Gasteiger partial charge in [-0.15, -0.1) is 0 Å². The Kier molecular flexibility index (Phi) is 6.40. The minimum atomic E-state index is 0.000000000000000444. The lowest BCUT2D eigenvalue weighted by Crippen LogP contribution is -2.25. The van der Waals surface area contributed by atoms with Crippen molar-refractivity contribution in [3.63, 3.8) is 0 Å². The maximum absolute atomic E-state index is 13.8. The van der Waals surface area contributed by atoms with E-state index in [1.807, 2.05) is 21.5 Å². The molecule has 3 nitrogen and oxygen atoms in total. The average Bonchev–Trinajstić information content (AvgIpc) is 3.07. The van der Waals surface area contributed by atoms with Gasteiger partial charge in [-0.1, -0.05) is 91.8 Å². The fraction of sp³-hybridized carbons (Fsp3) is 0.444. The van der Waals surface area contributed by atoms with Gasteiger partial charge in [0.05, 0.1) is 11.4 Å². The Labute approximate surface area is 181 Å². The summed E-state index contributed by atoms with van der Waals surface area (Å²) in [5.74, 6) is 1.34. The van der Waals surface area contributed by atoms with E-state index in [9.17, 15) is 4.79 Å². The van der Waals surface area contributed by atoms with Crippen molar-refractivity contribution in [1.82, 2.24) is 9.13 Å². The molecule has 2 aromatic carbocycles. The van der Waals surface area contributed by atoms with Gasteiger partial charge in [-0.25, -0.2) is 4.79 Å². The molecule has 0 N–H and O–H groups in total. The normalized spacial score (nSPS) is 12.0. The second-order valence-electron chi connectivity index (χ2n) is 9.51. The number of hydrogen-bond donors (Lipinski definition) is 0. The predicted molar refractivity (Wildman–Crippen MR) is 128 cm³/mol. The number of imidazole rings is 1. The highest BCUT2D eigenvalue weighted by Crippen LogP contribution is 2.32. The quantitative estimate of drug-likeness (QED) is 0.429. The van der Waals surface area contributed by atoms with Crippen LogP contribution < -0.4 is 5.69 Å². The number of aromatic nitrogens is 2. The monoisotopic (exact) mass is 404 g/mol. The molecule has 30 heavy (non-hydrogen) atoms. The number of benzene rings is 2. The van der Waals surface area contributed by atoms with Crippen molar-refractivity contribution in [3.05, 3.63) is 81.5 Å². The van der Waals surface area contributed by atoms with Gasteiger partial charge in [0.15, 0.2) is 0 Å². The van der Waals surface area contributed by atoms with Crippen LogP contribution in [0.5, 0.6) is 0 Å². The van der Waals surface area contributed by atoms with E-state index in [0.717, 1.165) is 11.4 Å². The lowest BCUT2D eigenvalue weighted by Gasteiger charge is -2.21. The minimum Gasteiger partial charge on any atom is -0.267 e. The Morgan fingerprint density at radius 3 is 1.03 bits per heavy atom. The summed E-state index contributed by atoms with van der Waals surface area (Å²) in [6.45, 7) is 17.5. The summed E-state index contributed by atoms with van der Waals surface area (Å²) in [5.41, 5.74) is 6.92. The Balaban J connectivity index is 2.33. The van der Waals surface area contributed by atoms with E-state index in [4.69, 9.17) is 0 Å². The third-order valence-electron chi connectivity index (χ3n) is 5.94. The van der Waals surface area contributed by atoms with Crippen molar-refractivity contribution >= 4 is 0 Å². The fourth-order valence-electron chi connectivity index (χ4n) is 4.30. The zero-order valence-corrected chi connectivity index (χ0v) is 19.7. The van der Waals surface area contributed by atoms with Crippen molar-refractivity contribution < 1.29 is 0 Å². The van der Waals surface area contributed by atoms with E-state index < -0.39 is 0 Å². The van der Waals surface area contributed by atoms with Crippen LogP contribution in [0, 0.1) is 0 Å². The van der Waals surface area contributed by atoms with Crippen LogP contribution in [0.25, 0.3) is 11.4 Å². The number of nitrogens with zero attached hydrogens (tertiary/aromatic N) is 2. The molecule has 0 amide bonds. The molecule has 0 saturated heterocycles. The highest BCUT2D eigenvalue weighted by Gasteiger charge is 2.21. The summed E-state index contributed by atoms with van der Waals surface area (Å²) in [6, 6.07) is 12.8. The molecule has 0 fully saturated rings. The molecule has 0 unspecified atom stereocenters.